The first-order chi connectivity index (χ1) is 8.97. The summed E-state index contributed by atoms with van der Waals surface area (Å²) < 4.78 is 37.8. The Hall–Kier alpha value is -1.79. The van der Waals surface area contributed by atoms with Crippen molar-refractivity contribution in [3.8, 4) is 0 Å². The Morgan fingerprint density at radius 1 is 1.26 bits per heavy atom. The van der Waals surface area contributed by atoms with E-state index in [1.54, 1.807) is 12.5 Å². The molecule has 0 saturated heterocycles. The van der Waals surface area contributed by atoms with Crippen LogP contribution in [-0.4, -0.2) is 27.3 Å². The topological polar surface area (TPSA) is 42.7 Å². The molecule has 104 valence electrons. The highest BCUT2D eigenvalue weighted by Crippen LogP contribution is 2.22. The summed E-state index contributed by atoms with van der Waals surface area (Å²) in [5.74, 6) is 0.616. The van der Waals surface area contributed by atoms with Gasteiger partial charge in [0.05, 0.1) is 11.8 Å². The molecule has 0 amide bonds. The van der Waals surface area contributed by atoms with Crippen molar-refractivity contribution >= 4 is 16.9 Å². The van der Waals surface area contributed by atoms with Gasteiger partial charge in [-0.3, -0.25) is 0 Å². The zero-order chi connectivity index (χ0) is 13.9. The van der Waals surface area contributed by atoms with Gasteiger partial charge in [-0.1, -0.05) is 0 Å². The molecule has 0 bridgehead atoms. The van der Waals surface area contributed by atoms with Gasteiger partial charge >= 0.3 is 6.18 Å². The molecule has 4 nitrogen and oxygen atoms in total. The first kappa shape index (κ1) is 13.6. The van der Waals surface area contributed by atoms with E-state index in [1.165, 1.54) is 0 Å². The molecule has 0 aliphatic carbocycles. The van der Waals surface area contributed by atoms with Gasteiger partial charge < -0.3 is 9.88 Å². The van der Waals surface area contributed by atoms with Crippen LogP contribution < -0.4 is 5.32 Å². The molecule has 0 atom stereocenters. The Balaban J connectivity index is 1.88. The van der Waals surface area contributed by atoms with E-state index in [1.807, 2.05) is 17.7 Å². The minimum atomic E-state index is -4.07. The van der Waals surface area contributed by atoms with Crippen LogP contribution in [0.15, 0.2) is 18.6 Å². The maximum Gasteiger partial charge on any atom is 0.389 e. The zero-order valence-corrected chi connectivity index (χ0v) is 10.5. The largest absolute Gasteiger partial charge is 0.389 e. The fourth-order valence-corrected chi connectivity index (χ4v) is 1.85. The lowest BCUT2D eigenvalue weighted by molar-refractivity contribution is -0.135. The van der Waals surface area contributed by atoms with Gasteiger partial charge in [-0.25, -0.2) is 9.97 Å². The van der Waals surface area contributed by atoms with Crippen molar-refractivity contribution in [3.63, 3.8) is 0 Å². The molecule has 0 saturated carbocycles. The Kier molecular flexibility index (Phi) is 3.92. The molecule has 0 unspecified atom stereocenters. The number of fused-ring (bicyclic) bond motifs is 1. The monoisotopic (exact) mass is 272 g/mol. The Bertz CT molecular complexity index is 547. The number of aromatic nitrogens is 3. The summed E-state index contributed by atoms with van der Waals surface area (Å²) in [5, 5.41) is 3.03. The predicted molar refractivity (Wildman–Crippen MR) is 66.9 cm³/mol. The number of hydrogen-bond acceptors (Lipinski definition) is 3. The minimum absolute atomic E-state index is 0.120. The van der Waals surface area contributed by atoms with Crippen LogP contribution in [0.2, 0.25) is 0 Å². The van der Waals surface area contributed by atoms with Crippen molar-refractivity contribution in [1.82, 2.24) is 14.5 Å². The maximum absolute atomic E-state index is 12.0. The summed E-state index contributed by atoms with van der Waals surface area (Å²) in [6, 6.07) is 1.84. The summed E-state index contributed by atoms with van der Waals surface area (Å²) in [6.45, 7) is 0.457. The van der Waals surface area contributed by atoms with Gasteiger partial charge in [0, 0.05) is 26.2 Å². The second-order valence-electron chi connectivity index (χ2n) is 4.38. The van der Waals surface area contributed by atoms with E-state index < -0.39 is 12.6 Å². The number of alkyl halides is 3. The van der Waals surface area contributed by atoms with Gasteiger partial charge in [-0.2, -0.15) is 13.2 Å². The molecule has 7 heteroatoms. The molecule has 0 aliphatic heterocycles. The van der Waals surface area contributed by atoms with E-state index in [2.05, 4.69) is 15.3 Å². The highest BCUT2D eigenvalue weighted by atomic mass is 19.4. The lowest BCUT2D eigenvalue weighted by Gasteiger charge is -2.07. The lowest BCUT2D eigenvalue weighted by Crippen LogP contribution is -2.09. The molecule has 0 fully saturated rings. The van der Waals surface area contributed by atoms with Crippen molar-refractivity contribution in [2.24, 2.45) is 7.05 Å². The highest BCUT2D eigenvalue weighted by molar-refractivity contribution is 5.85. The third-order valence-corrected chi connectivity index (χ3v) is 2.82. The normalized spacial score (nSPS) is 12.0. The minimum Gasteiger partial charge on any atom is -0.368 e. The third kappa shape index (κ3) is 3.59. The average Bonchev–Trinajstić information content (AvgIpc) is 2.70. The van der Waals surface area contributed by atoms with Crippen molar-refractivity contribution in [1.29, 1.82) is 0 Å². The first-order valence-electron chi connectivity index (χ1n) is 6.04. The van der Waals surface area contributed by atoms with Crippen molar-refractivity contribution in [3.05, 3.63) is 18.6 Å². The summed E-state index contributed by atoms with van der Waals surface area (Å²) in [5.41, 5.74) is 1.67. The summed E-state index contributed by atoms with van der Waals surface area (Å²) >= 11 is 0. The number of anilines is 1. The van der Waals surface area contributed by atoms with Crippen molar-refractivity contribution in [2.75, 3.05) is 11.9 Å². The van der Waals surface area contributed by atoms with E-state index in [0.717, 1.165) is 11.0 Å². The summed E-state index contributed by atoms with van der Waals surface area (Å²) in [7, 11) is 1.88. The number of hydrogen-bond donors (Lipinski definition) is 1. The van der Waals surface area contributed by atoms with Gasteiger partial charge in [0.25, 0.3) is 0 Å². The van der Waals surface area contributed by atoms with E-state index in [-0.39, 0.29) is 6.42 Å². The lowest BCUT2D eigenvalue weighted by atomic mass is 10.2. The number of rotatable bonds is 5. The fourth-order valence-electron chi connectivity index (χ4n) is 1.85. The van der Waals surface area contributed by atoms with E-state index in [0.29, 0.717) is 18.8 Å². The smallest absolute Gasteiger partial charge is 0.368 e. The molecule has 1 N–H and O–H groups in total. The van der Waals surface area contributed by atoms with Crippen LogP contribution in [0.5, 0.6) is 0 Å². The summed E-state index contributed by atoms with van der Waals surface area (Å²) in [6.07, 6.45) is -0.905. The van der Waals surface area contributed by atoms with E-state index in [4.69, 9.17) is 0 Å². The van der Waals surface area contributed by atoms with Crippen LogP contribution in [-0.2, 0) is 7.05 Å². The number of nitrogens with zero attached hydrogens (tertiary/aromatic N) is 3. The zero-order valence-electron chi connectivity index (χ0n) is 10.5. The molecule has 19 heavy (non-hydrogen) atoms. The Labute approximate surface area is 108 Å². The van der Waals surface area contributed by atoms with Crippen LogP contribution in [0.3, 0.4) is 0 Å². The first-order valence-corrected chi connectivity index (χ1v) is 6.04. The number of nitrogens with one attached hydrogen (secondary N) is 1. The van der Waals surface area contributed by atoms with Crippen LogP contribution >= 0.6 is 0 Å². The average molecular weight is 272 g/mol. The van der Waals surface area contributed by atoms with Crippen LogP contribution in [0.1, 0.15) is 19.3 Å². The number of imidazole rings is 1. The molecule has 2 rings (SSSR count). The molecular formula is C12H15F3N4. The van der Waals surface area contributed by atoms with Gasteiger partial charge in [0.2, 0.25) is 0 Å². The van der Waals surface area contributed by atoms with Crippen molar-refractivity contribution < 1.29 is 13.2 Å². The molecular weight excluding hydrogens is 257 g/mol. The Morgan fingerprint density at radius 3 is 2.79 bits per heavy atom. The maximum atomic E-state index is 12.0. The van der Waals surface area contributed by atoms with Crippen molar-refractivity contribution in [2.45, 2.75) is 25.4 Å². The van der Waals surface area contributed by atoms with Gasteiger partial charge in [0.1, 0.15) is 5.52 Å². The van der Waals surface area contributed by atoms with Gasteiger partial charge in [-0.15, -0.1) is 0 Å². The number of unbranched alkanes of at least 4 members (excludes halogenated alkanes) is 1. The predicted octanol–water partition coefficient (Wildman–Crippen LogP) is 3.11. The van der Waals surface area contributed by atoms with Crippen LogP contribution in [0, 0.1) is 0 Å². The third-order valence-electron chi connectivity index (χ3n) is 2.82. The molecule has 0 spiro atoms. The number of halogens is 3. The van der Waals surface area contributed by atoms with Crippen LogP contribution in [0.25, 0.3) is 11.0 Å². The molecule has 0 aliphatic rings. The number of pyridine rings is 1. The molecule has 2 aromatic heterocycles. The SMILES string of the molecule is Cn1cnc2c(NCCCCC(F)(F)F)nccc21. The Morgan fingerprint density at radius 2 is 2.05 bits per heavy atom. The van der Waals surface area contributed by atoms with E-state index in [9.17, 15) is 13.2 Å². The van der Waals surface area contributed by atoms with E-state index >= 15 is 0 Å². The second-order valence-corrected chi connectivity index (χ2v) is 4.38. The van der Waals surface area contributed by atoms with Gasteiger partial charge in [-0.05, 0) is 18.9 Å². The second kappa shape index (κ2) is 5.46. The number of aryl methyl sites for hydroxylation is 1. The van der Waals surface area contributed by atoms with Gasteiger partial charge in [0.15, 0.2) is 5.82 Å². The molecule has 2 aromatic rings. The molecule has 2 heterocycles. The quantitative estimate of drug-likeness (QED) is 0.850. The fraction of sp³-hybridized carbons (Fsp3) is 0.500. The molecule has 0 aromatic carbocycles. The standard InChI is InChI=1S/C12H15F3N4/c1-19-8-18-10-9(19)4-7-17-11(10)16-6-3-2-5-12(13,14)15/h4,7-8H,2-3,5-6H2,1H3,(H,16,17). The summed E-state index contributed by atoms with van der Waals surface area (Å²) in [4.78, 5) is 8.37. The van der Waals surface area contributed by atoms with Crippen LogP contribution in [0.4, 0.5) is 19.0 Å². The highest BCUT2D eigenvalue weighted by Gasteiger charge is 2.25. The molecule has 0 radical (unpaired) electrons.